The largest absolute Gasteiger partial charge is 0.392 e. The number of carbonyl (C=O) groups is 1. The van der Waals surface area contributed by atoms with Gasteiger partial charge in [-0.3, -0.25) is 0 Å². The average Bonchev–Trinajstić information content (AvgIpc) is 2.33. The van der Waals surface area contributed by atoms with Crippen LogP contribution in [-0.4, -0.2) is 23.2 Å². The van der Waals surface area contributed by atoms with Gasteiger partial charge in [-0.15, -0.1) is 0 Å². The van der Waals surface area contributed by atoms with Gasteiger partial charge < -0.3 is 10.4 Å². The van der Waals surface area contributed by atoms with Gasteiger partial charge in [-0.25, -0.2) is 9.18 Å². The summed E-state index contributed by atoms with van der Waals surface area (Å²) in [6, 6.07) is 1.91. The summed E-state index contributed by atoms with van der Waals surface area (Å²) < 4.78 is 13.2. The number of halogens is 1. The highest BCUT2D eigenvalue weighted by atomic mass is 19.1. The Hall–Kier alpha value is -2.02. The maximum atomic E-state index is 13.2. The number of aliphatic hydroxyl groups is 1. The summed E-state index contributed by atoms with van der Waals surface area (Å²) in [5, 5.41) is 15.3. The Morgan fingerprint density at radius 1 is 1.65 bits per heavy atom. The Bertz CT molecular complexity index is 450. The Labute approximate surface area is 97.5 Å². The van der Waals surface area contributed by atoms with E-state index in [1.165, 1.54) is 26.1 Å². The number of rotatable bonds is 3. The normalized spacial score (nSPS) is 9.88. The minimum Gasteiger partial charge on any atom is -0.392 e. The summed E-state index contributed by atoms with van der Waals surface area (Å²) in [5.74, 6) is -0.453. The highest BCUT2D eigenvalue weighted by Gasteiger charge is 2.13. The Balaban J connectivity index is 3.03. The molecule has 2 amide bonds. The molecule has 7 heteroatoms. The van der Waals surface area contributed by atoms with Crippen molar-refractivity contribution in [2.24, 2.45) is 5.22 Å². The summed E-state index contributed by atoms with van der Waals surface area (Å²) in [6.07, 6.45) is 0. The predicted octanol–water partition coefficient (Wildman–Crippen LogP) is 2.04. The van der Waals surface area contributed by atoms with E-state index in [9.17, 15) is 9.18 Å². The zero-order valence-electron chi connectivity index (χ0n) is 9.49. The molecule has 0 aliphatic rings. The fraction of sp³-hybridized carbons (Fsp3) is 0.300. The van der Waals surface area contributed by atoms with E-state index in [-0.39, 0.29) is 12.2 Å². The molecule has 6 nitrogen and oxygen atoms in total. The molecule has 1 aromatic carbocycles. The second-order valence-corrected chi connectivity index (χ2v) is 3.41. The van der Waals surface area contributed by atoms with E-state index in [0.717, 1.165) is 5.01 Å². The van der Waals surface area contributed by atoms with E-state index >= 15 is 0 Å². The zero-order valence-corrected chi connectivity index (χ0v) is 9.49. The number of hydrogen-bond donors (Lipinski definition) is 3. The van der Waals surface area contributed by atoms with Crippen molar-refractivity contribution in [3.8, 4) is 0 Å². The molecule has 0 heterocycles. The van der Waals surface area contributed by atoms with Crippen LogP contribution < -0.4 is 5.32 Å². The second kappa shape index (κ2) is 5.35. The van der Waals surface area contributed by atoms with Crippen LogP contribution in [0.4, 0.5) is 14.9 Å². The topological polar surface area (TPSA) is 88.8 Å². The van der Waals surface area contributed by atoms with Gasteiger partial charge in [-0.1, -0.05) is 5.22 Å². The summed E-state index contributed by atoms with van der Waals surface area (Å²) in [7, 11) is 1.30. The molecule has 1 rings (SSSR count). The maximum absolute atomic E-state index is 13.2. The summed E-state index contributed by atoms with van der Waals surface area (Å²) in [5.41, 5.74) is 7.53. The molecule has 0 aromatic heterocycles. The van der Waals surface area contributed by atoms with Crippen LogP contribution in [-0.2, 0) is 6.61 Å². The third-order valence-electron chi connectivity index (χ3n) is 2.38. The molecule has 0 atom stereocenters. The Kier molecular flexibility index (Phi) is 4.11. The summed E-state index contributed by atoms with van der Waals surface area (Å²) in [4.78, 5) is 11.4. The van der Waals surface area contributed by atoms with Crippen LogP contribution in [0.5, 0.6) is 0 Å². The van der Waals surface area contributed by atoms with Crippen LogP contribution in [0.1, 0.15) is 11.1 Å². The summed E-state index contributed by atoms with van der Waals surface area (Å²) in [6.45, 7) is 1.12. The number of hydrogen-bond acceptors (Lipinski definition) is 4. The number of aliphatic hydroxyl groups excluding tert-OH is 1. The molecule has 0 saturated carbocycles. The highest BCUT2D eigenvalue weighted by molar-refractivity contribution is 5.89. The average molecular weight is 240 g/mol. The number of urea groups is 1. The van der Waals surface area contributed by atoms with E-state index in [4.69, 9.17) is 10.6 Å². The van der Waals surface area contributed by atoms with Crippen molar-refractivity contribution in [2.75, 3.05) is 12.4 Å². The molecule has 3 N–H and O–H groups in total. The van der Waals surface area contributed by atoms with Crippen molar-refractivity contribution in [3.05, 3.63) is 29.1 Å². The number of nitrogens with zero attached hydrogens (tertiary/aromatic N) is 2. The van der Waals surface area contributed by atoms with Crippen LogP contribution in [0.3, 0.4) is 0 Å². The molecular formula is C10H13FN4O2. The fourth-order valence-electron chi connectivity index (χ4n) is 1.29. The first-order valence-corrected chi connectivity index (χ1v) is 4.82. The van der Waals surface area contributed by atoms with E-state index in [1.807, 2.05) is 0 Å². The van der Waals surface area contributed by atoms with E-state index in [1.54, 1.807) is 0 Å². The number of benzene rings is 1. The number of anilines is 1. The second-order valence-electron chi connectivity index (χ2n) is 3.41. The van der Waals surface area contributed by atoms with Gasteiger partial charge in [-0.2, -0.15) is 10.5 Å². The molecule has 0 bridgehead atoms. The van der Waals surface area contributed by atoms with Gasteiger partial charge in [0.2, 0.25) is 0 Å². The van der Waals surface area contributed by atoms with Crippen LogP contribution in [0.2, 0.25) is 0 Å². The SMILES string of the molecule is Cc1c(F)ccc(NC(=O)N(C)N=N)c1CO. The van der Waals surface area contributed by atoms with Gasteiger partial charge in [-0.05, 0) is 24.6 Å². The standard InChI is InChI=1S/C10H13FN4O2/c1-6-7(5-16)9(4-3-8(6)11)13-10(17)15(2)14-12/h3-4,12,16H,5H2,1-2H3,(H,13,17). The minimum absolute atomic E-state index is 0.274. The van der Waals surface area contributed by atoms with Crippen LogP contribution in [0.15, 0.2) is 17.4 Å². The van der Waals surface area contributed by atoms with Crippen LogP contribution in [0, 0.1) is 18.3 Å². The van der Waals surface area contributed by atoms with E-state index in [0.29, 0.717) is 11.3 Å². The van der Waals surface area contributed by atoms with Gasteiger partial charge in [0.05, 0.1) is 6.61 Å². The van der Waals surface area contributed by atoms with Crippen molar-refractivity contribution in [2.45, 2.75) is 13.5 Å². The predicted molar refractivity (Wildman–Crippen MR) is 59.0 cm³/mol. The minimum atomic E-state index is -0.638. The first-order chi connectivity index (χ1) is 8.01. The maximum Gasteiger partial charge on any atom is 0.343 e. The molecule has 1 aromatic rings. The molecule has 0 aliphatic heterocycles. The lowest BCUT2D eigenvalue weighted by atomic mass is 10.1. The zero-order chi connectivity index (χ0) is 13.0. The first kappa shape index (κ1) is 13.0. The van der Waals surface area contributed by atoms with Crippen LogP contribution in [0.25, 0.3) is 0 Å². The molecule has 17 heavy (non-hydrogen) atoms. The third kappa shape index (κ3) is 2.76. The van der Waals surface area contributed by atoms with Gasteiger partial charge in [0.25, 0.3) is 0 Å². The van der Waals surface area contributed by atoms with Gasteiger partial charge in [0.1, 0.15) is 5.82 Å². The van der Waals surface area contributed by atoms with Gasteiger partial charge in [0, 0.05) is 18.3 Å². The first-order valence-electron chi connectivity index (χ1n) is 4.82. The van der Waals surface area contributed by atoms with E-state index in [2.05, 4.69) is 10.5 Å². The lowest BCUT2D eigenvalue weighted by Crippen LogP contribution is -2.26. The highest BCUT2D eigenvalue weighted by Crippen LogP contribution is 2.22. The number of amides is 2. The van der Waals surface area contributed by atoms with Crippen molar-refractivity contribution < 1.29 is 14.3 Å². The Morgan fingerprint density at radius 2 is 2.29 bits per heavy atom. The molecule has 92 valence electrons. The quantitative estimate of drug-likeness (QED) is 0.557. The molecule has 0 radical (unpaired) electrons. The van der Waals surface area contributed by atoms with Gasteiger partial charge >= 0.3 is 6.03 Å². The smallest absolute Gasteiger partial charge is 0.343 e. The van der Waals surface area contributed by atoms with Crippen molar-refractivity contribution in [1.29, 1.82) is 5.53 Å². The number of carbonyl (C=O) groups excluding carboxylic acids is 1. The Morgan fingerprint density at radius 3 is 2.82 bits per heavy atom. The molecule has 0 fully saturated rings. The monoisotopic (exact) mass is 240 g/mol. The summed E-state index contributed by atoms with van der Waals surface area (Å²) >= 11 is 0. The fourth-order valence-corrected chi connectivity index (χ4v) is 1.29. The molecule has 0 aliphatic carbocycles. The lowest BCUT2D eigenvalue weighted by Gasteiger charge is -2.14. The van der Waals surface area contributed by atoms with Crippen LogP contribution >= 0.6 is 0 Å². The lowest BCUT2D eigenvalue weighted by molar-refractivity contribution is 0.220. The molecular weight excluding hydrogens is 227 g/mol. The van der Waals surface area contributed by atoms with E-state index < -0.39 is 11.8 Å². The molecule has 0 spiro atoms. The molecule has 0 saturated heterocycles. The van der Waals surface area contributed by atoms with Gasteiger partial charge in [0.15, 0.2) is 0 Å². The number of nitrogens with one attached hydrogen (secondary N) is 2. The van der Waals surface area contributed by atoms with Crippen molar-refractivity contribution in [3.63, 3.8) is 0 Å². The third-order valence-corrected chi connectivity index (χ3v) is 2.38. The van der Waals surface area contributed by atoms with Crippen molar-refractivity contribution in [1.82, 2.24) is 5.01 Å². The molecule has 0 unspecified atom stereocenters. The van der Waals surface area contributed by atoms with Crippen molar-refractivity contribution >= 4 is 11.7 Å².